The van der Waals surface area contributed by atoms with E-state index in [0.29, 0.717) is 9.32 Å². The van der Waals surface area contributed by atoms with Crippen LogP contribution in [0.3, 0.4) is 0 Å². The Balaban J connectivity index is 2.12. The lowest BCUT2D eigenvalue weighted by Gasteiger charge is -2.28. The lowest BCUT2D eigenvalue weighted by molar-refractivity contribution is 0.370. The number of halogens is 1. The fraction of sp³-hybridized carbons (Fsp3) is 0.250. The van der Waals surface area contributed by atoms with Gasteiger partial charge in [-0.05, 0) is 70.0 Å². The minimum Gasteiger partial charge on any atom is -0.504 e. The number of methoxy groups -OCH3 is 1. The lowest BCUT2D eigenvalue weighted by atomic mass is 9.89. The fourth-order valence-corrected chi connectivity index (χ4v) is 3.42. The van der Waals surface area contributed by atoms with E-state index in [4.69, 9.17) is 4.74 Å². The minimum absolute atomic E-state index is 0.0998. The third-order valence-electron chi connectivity index (χ3n) is 3.89. The van der Waals surface area contributed by atoms with Crippen LogP contribution in [0.1, 0.15) is 22.7 Å². The molecule has 0 aromatic heterocycles. The standard InChI is InChI=1S/C16H16INO4/c1-22-14-6-9(4-11(17)16(14)21)15-10-7-13(20)12(19)5-8(10)2-3-18-15/h4-7,15,18-21H,2-3H2,1H3/t15-/m0/s1. The van der Waals surface area contributed by atoms with Gasteiger partial charge < -0.3 is 25.4 Å². The van der Waals surface area contributed by atoms with Crippen molar-refractivity contribution in [3.8, 4) is 23.0 Å². The summed E-state index contributed by atoms with van der Waals surface area (Å²) >= 11 is 2.06. The van der Waals surface area contributed by atoms with Gasteiger partial charge in [0.15, 0.2) is 23.0 Å². The van der Waals surface area contributed by atoms with Gasteiger partial charge in [0.2, 0.25) is 0 Å². The van der Waals surface area contributed by atoms with E-state index in [9.17, 15) is 15.3 Å². The van der Waals surface area contributed by atoms with Crippen LogP contribution >= 0.6 is 22.6 Å². The molecule has 0 spiro atoms. The second-order valence-corrected chi connectivity index (χ2v) is 6.39. The summed E-state index contributed by atoms with van der Waals surface area (Å²) < 4.78 is 5.91. The van der Waals surface area contributed by atoms with Gasteiger partial charge in [-0.3, -0.25) is 0 Å². The van der Waals surface area contributed by atoms with Gasteiger partial charge in [-0.15, -0.1) is 0 Å². The molecule has 22 heavy (non-hydrogen) atoms. The van der Waals surface area contributed by atoms with Gasteiger partial charge in [0.25, 0.3) is 0 Å². The number of hydrogen-bond acceptors (Lipinski definition) is 5. The minimum atomic E-state index is -0.132. The summed E-state index contributed by atoms with van der Waals surface area (Å²) in [5, 5.41) is 32.8. The summed E-state index contributed by atoms with van der Waals surface area (Å²) in [6.45, 7) is 0.766. The zero-order valence-electron chi connectivity index (χ0n) is 11.9. The molecule has 1 atom stereocenters. The molecule has 0 saturated carbocycles. The van der Waals surface area contributed by atoms with Gasteiger partial charge >= 0.3 is 0 Å². The zero-order valence-corrected chi connectivity index (χ0v) is 14.1. The predicted molar refractivity (Wildman–Crippen MR) is 90.7 cm³/mol. The molecule has 6 heteroatoms. The molecule has 0 aliphatic carbocycles. The normalized spacial score (nSPS) is 17.1. The van der Waals surface area contributed by atoms with Crippen LogP contribution in [-0.4, -0.2) is 29.0 Å². The Morgan fingerprint density at radius 2 is 1.86 bits per heavy atom. The van der Waals surface area contributed by atoms with Crippen molar-refractivity contribution in [2.45, 2.75) is 12.5 Å². The van der Waals surface area contributed by atoms with E-state index < -0.39 is 0 Å². The van der Waals surface area contributed by atoms with Crippen LogP contribution in [0.4, 0.5) is 0 Å². The summed E-state index contributed by atoms with van der Waals surface area (Å²) in [7, 11) is 1.51. The van der Waals surface area contributed by atoms with Crippen molar-refractivity contribution in [3.05, 3.63) is 44.5 Å². The summed E-state index contributed by atoms with van der Waals surface area (Å²) in [6.07, 6.45) is 0.784. The van der Waals surface area contributed by atoms with Crippen molar-refractivity contribution in [2.24, 2.45) is 0 Å². The molecule has 116 valence electrons. The van der Waals surface area contributed by atoms with Gasteiger partial charge in [0, 0.05) is 6.54 Å². The zero-order chi connectivity index (χ0) is 15.9. The Morgan fingerprint density at radius 1 is 1.14 bits per heavy atom. The monoisotopic (exact) mass is 413 g/mol. The first-order chi connectivity index (χ1) is 10.5. The average Bonchev–Trinajstić information content (AvgIpc) is 2.50. The number of phenols is 3. The number of nitrogens with one attached hydrogen (secondary N) is 1. The second-order valence-electron chi connectivity index (χ2n) is 5.23. The number of rotatable bonds is 2. The highest BCUT2D eigenvalue weighted by molar-refractivity contribution is 14.1. The van der Waals surface area contributed by atoms with E-state index in [1.165, 1.54) is 7.11 Å². The van der Waals surface area contributed by atoms with Crippen LogP contribution in [0.2, 0.25) is 0 Å². The molecule has 0 fully saturated rings. The number of phenolic OH excluding ortho intramolecular Hbond substituents is 3. The van der Waals surface area contributed by atoms with Gasteiger partial charge in [0.1, 0.15) is 0 Å². The predicted octanol–water partition coefficient (Wildman–Crippen LogP) is 2.65. The number of fused-ring (bicyclic) bond motifs is 1. The second kappa shape index (κ2) is 5.85. The first-order valence-electron chi connectivity index (χ1n) is 6.85. The summed E-state index contributed by atoms with van der Waals surface area (Å²) in [6, 6.07) is 6.75. The van der Waals surface area contributed by atoms with Crippen LogP contribution in [0, 0.1) is 3.57 Å². The Labute approximate surface area is 141 Å². The molecule has 0 radical (unpaired) electrons. The van der Waals surface area contributed by atoms with Gasteiger partial charge in [0.05, 0.1) is 16.7 Å². The summed E-state index contributed by atoms with van der Waals surface area (Å²) in [4.78, 5) is 0. The van der Waals surface area contributed by atoms with E-state index in [1.807, 2.05) is 6.07 Å². The molecule has 0 bridgehead atoms. The molecule has 0 amide bonds. The molecule has 2 aromatic carbocycles. The van der Waals surface area contributed by atoms with Crippen LogP contribution in [0.15, 0.2) is 24.3 Å². The molecule has 2 aromatic rings. The molecular formula is C16H16INO4. The maximum absolute atomic E-state index is 9.97. The number of benzene rings is 2. The highest BCUT2D eigenvalue weighted by atomic mass is 127. The van der Waals surface area contributed by atoms with Crippen LogP contribution in [-0.2, 0) is 6.42 Å². The highest BCUT2D eigenvalue weighted by Gasteiger charge is 2.24. The quantitative estimate of drug-likeness (QED) is 0.450. The van der Waals surface area contributed by atoms with Crippen molar-refractivity contribution < 1.29 is 20.1 Å². The Hall–Kier alpha value is -1.67. The van der Waals surface area contributed by atoms with Crippen LogP contribution in [0.25, 0.3) is 0 Å². The summed E-state index contributed by atoms with van der Waals surface area (Å²) in [5.74, 6) is 0.306. The maximum Gasteiger partial charge on any atom is 0.171 e. The van der Waals surface area contributed by atoms with Crippen molar-refractivity contribution in [1.29, 1.82) is 0 Å². The Morgan fingerprint density at radius 3 is 2.59 bits per heavy atom. The molecule has 0 saturated heterocycles. The van der Waals surface area contributed by atoms with Crippen LogP contribution < -0.4 is 10.1 Å². The number of aromatic hydroxyl groups is 3. The number of hydrogen-bond donors (Lipinski definition) is 4. The Kier molecular flexibility index (Phi) is 4.05. The molecular weight excluding hydrogens is 397 g/mol. The average molecular weight is 413 g/mol. The van der Waals surface area contributed by atoms with Crippen molar-refractivity contribution in [1.82, 2.24) is 5.32 Å². The molecule has 1 aliphatic rings. The van der Waals surface area contributed by atoms with Gasteiger partial charge in [-0.2, -0.15) is 0 Å². The first kappa shape index (κ1) is 15.2. The highest BCUT2D eigenvalue weighted by Crippen LogP contribution is 2.40. The molecule has 1 heterocycles. The van der Waals surface area contributed by atoms with E-state index in [0.717, 1.165) is 29.7 Å². The third kappa shape index (κ3) is 2.56. The van der Waals surface area contributed by atoms with E-state index >= 15 is 0 Å². The van der Waals surface area contributed by atoms with Gasteiger partial charge in [-0.1, -0.05) is 0 Å². The molecule has 1 aliphatic heterocycles. The fourth-order valence-electron chi connectivity index (χ4n) is 2.80. The lowest BCUT2D eigenvalue weighted by Crippen LogP contribution is -2.30. The van der Waals surface area contributed by atoms with E-state index in [-0.39, 0.29) is 23.3 Å². The largest absolute Gasteiger partial charge is 0.504 e. The van der Waals surface area contributed by atoms with E-state index in [2.05, 4.69) is 27.9 Å². The third-order valence-corrected chi connectivity index (χ3v) is 4.72. The molecule has 3 rings (SSSR count). The van der Waals surface area contributed by atoms with Crippen molar-refractivity contribution in [2.75, 3.05) is 13.7 Å². The Bertz CT molecular complexity index is 733. The number of ether oxygens (including phenoxy) is 1. The van der Waals surface area contributed by atoms with Crippen molar-refractivity contribution >= 4 is 22.6 Å². The topological polar surface area (TPSA) is 82.0 Å². The molecule has 0 unspecified atom stereocenters. The van der Waals surface area contributed by atoms with E-state index in [1.54, 1.807) is 18.2 Å². The van der Waals surface area contributed by atoms with Crippen molar-refractivity contribution in [3.63, 3.8) is 0 Å². The molecule has 4 N–H and O–H groups in total. The van der Waals surface area contributed by atoms with Crippen LogP contribution in [0.5, 0.6) is 23.0 Å². The smallest absolute Gasteiger partial charge is 0.171 e. The first-order valence-corrected chi connectivity index (χ1v) is 7.93. The SMILES string of the molecule is COc1cc([C@@H]2NCCc3cc(O)c(O)cc32)cc(I)c1O. The summed E-state index contributed by atoms with van der Waals surface area (Å²) in [5.41, 5.74) is 2.86. The van der Waals surface area contributed by atoms with Gasteiger partial charge in [-0.25, -0.2) is 0 Å². The maximum atomic E-state index is 9.97. The molecule has 5 nitrogen and oxygen atoms in total.